The molecule has 6 aromatic carbocycles. The zero-order valence-electron chi connectivity index (χ0n) is 26.5. The van der Waals surface area contributed by atoms with Gasteiger partial charge < -0.3 is 9.30 Å². The Morgan fingerprint density at radius 2 is 1.04 bits per heavy atom. The summed E-state index contributed by atoms with van der Waals surface area (Å²) in [6.07, 6.45) is 0. The fraction of sp³-hybridized carbons (Fsp3) is 0.0488. The van der Waals surface area contributed by atoms with Crippen molar-refractivity contribution in [2.75, 3.05) is 0 Å². The number of ether oxygens (including phenoxy) is 1. The molecule has 7 aromatic rings. The largest absolute Gasteiger partial charge is 0.456 e. The van der Waals surface area contributed by atoms with Gasteiger partial charge in [-0.1, -0.05) is 134 Å². The Morgan fingerprint density at radius 1 is 0.500 bits per heavy atom. The molecule has 2 aliphatic heterocycles. The van der Waals surface area contributed by atoms with Crippen LogP contribution in [0.5, 0.6) is 11.5 Å². The number of aromatic nitrogens is 3. The van der Waals surface area contributed by atoms with Gasteiger partial charge in [-0.05, 0) is 45.8 Å². The first-order valence-electron chi connectivity index (χ1n) is 16.1. The maximum atomic E-state index is 15.4. The van der Waals surface area contributed by atoms with Gasteiger partial charge in [-0.3, -0.25) is 0 Å². The lowest BCUT2D eigenvalue weighted by Crippen LogP contribution is -2.50. The van der Waals surface area contributed by atoms with Crippen LogP contribution >= 0.6 is 7.14 Å². The van der Waals surface area contributed by atoms with Crippen molar-refractivity contribution in [3.63, 3.8) is 0 Å². The second-order valence-corrected chi connectivity index (χ2v) is 19.8. The molecular formula is C41H30N3O2PSi. The maximum Gasteiger partial charge on any atom is 0.178 e. The molecule has 0 amide bonds. The van der Waals surface area contributed by atoms with E-state index in [9.17, 15) is 0 Å². The molecule has 0 radical (unpaired) electrons. The van der Waals surface area contributed by atoms with E-state index in [2.05, 4.69) is 43.4 Å². The highest BCUT2D eigenvalue weighted by Gasteiger charge is 2.44. The highest BCUT2D eigenvalue weighted by molar-refractivity contribution is 7.85. The van der Waals surface area contributed by atoms with Crippen LogP contribution in [0, 0.1) is 0 Å². The van der Waals surface area contributed by atoms with E-state index in [0.29, 0.717) is 29.0 Å². The molecule has 230 valence electrons. The van der Waals surface area contributed by atoms with Crippen molar-refractivity contribution in [1.29, 1.82) is 0 Å². The SMILES string of the molecule is C[Si]1(C)c2cc(-c3nc(-c4ccccc4)nc(-c4ccccc4)n3)ccc2-c2cc3c(cc21)P(=O)(c1ccccc1)c1ccccc1O3. The first-order chi connectivity index (χ1) is 23.4. The number of rotatable bonds is 4. The third-order valence-corrected chi connectivity index (χ3v) is 16.2. The lowest BCUT2D eigenvalue weighted by atomic mass is 10.0. The summed E-state index contributed by atoms with van der Waals surface area (Å²) < 4.78 is 21.9. The van der Waals surface area contributed by atoms with Crippen LogP contribution in [0.4, 0.5) is 0 Å². The van der Waals surface area contributed by atoms with Crippen molar-refractivity contribution in [3.8, 4) is 56.8 Å². The van der Waals surface area contributed by atoms with Gasteiger partial charge in [-0.25, -0.2) is 15.0 Å². The van der Waals surface area contributed by atoms with Crippen LogP contribution < -0.4 is 31.0 Å². The van der Waals surface area contributed by atoms with Gasteiger partial charge in [0.25, 0.3) is 0 Å². The van der Waals surface area contributed by atoms with Gasteiger partial charge in [0.05, 0.1) is 10.6 Å². The van der Waals surface area contributed by atoms with E-state index >= 15 is 4.57 Å². The zero-order valence-corrected chi connectivity index (χ0v) is 28.4. The predicted octanol–water partition coefficient (Wildman–Crippen LogP) is 7.42. The molecule has 0 spiro atoms. The topological polar surface area (TPSA) is 65.0 Å². The molecule has 0 bridgehead atoms. The summed E-state index contributed by atoms with van der Waals surface area (Å²) in [6.45, 7) is 4.74. The Balaban J connectivity index is 1.20. The van der Waals surface area contributed by atoms with Gasteiger partial charge >= 0.3 is 0 Å². The van der Waals surface area contributed by atoms with Gasteiger partial charge in [0, 0.05) is 22.0 Å². The summed E-state index contributed by atoms with van der Waals surface area (Å²) in [4.78, 5) is 14.9. The van der Waals surface area contributed by atoms with Crippen molar-refractivity contribution in [1.82, 2.24) is 15.0 Å². The molecule has 0 saturated heterocycles. The van der Waals surface area contributed by atoms with Crippen LogP contribution in [0.25, 0.3) is 45.3 Å². The zero-order chi connectivity index (χ0) is 32.5. The van der Waals surface area contributed by atoms with Crippen LogP contribution in [-0.2, 0) is 4.57 Å². The second-order valence-electron chi connectivity index (χ2n) is 12.8. The van der Waals surface area contributed by atoms with Gasteiger partial charge in [-0.15, -0.1) is 0 Å². The molecular weight excluding hydrogens is 626 g/mol. The first kappa shape index (κ1) is 28.8. The van der Waals surface area contributed by atoms with E-state index in [1.165, 1.54) is 15.9 Å². The lowest BCUT2D eigenvalue weighted by Gasteiger charge is -2.30. The number of nitrogens with zero attached hydrogens (tertiary/aromatic N) is 3. The summed E-state index contributed by atoms with van der Waals surface area (Å²) in [5.41, 5.74) is 5.16. The van der Waals surface area contributed by atoms with E-state index < -0.39 is 15.2 Å². The Hall–Kier alpha value is -5.42. The van der Waals surface area contributed by atoms with Crippen molar-refractivity contribution in [2.45, 2.75) is 13.1 Å². The fourth-order valence-electron chi connectivity index (χ4n) is 7.12. The molecule has 1 atom stereocenters. The lowest BCUT2D eigenvalue weighted by molar-refractivity contribution is 0.485. The van der Waals surface area contributed by atoms with Crippen molar-refractivity contribution < 1.29 is 9.30 Å². The molecule has 7 heteroatoms. The molecule has 3 heterocycles. The van der Waals surface area contributed by atoms with E-state index in [1.54, 1.807) is 0 Å². The van der Waals surface area contributed by atoms with E-state index in [4.69, 9.17) is 19.7 Å². The molecule has 1 aromatic heterocycles. The third kappa shape index (κ3) is 4.37. The molecule has 2 aliphatic rings. The van der Waals surface area contributed by atoms with Crippen LogP contribution in [0.2, 0.25) is 13.1 Å². The minimum absolute atomic E-state index is 0.637. The molecule has 0 N–H and O–H groups in total. The summed E-state index contributed by atoms with van der Waals surface area (Å²) in [5, 5.41) is 4.90. The molecule has 0 aliphatic carbocycles. The van der Waals surface area contributed by atoms with Gasteiger partial charge in [0.2, 0.25) is 0 Å². The number of hydrogen-bond acceptors (Lipinski definition) is 5. The second kappa shape index (κ2) is 10.8. The van der Waals surface area contributed by atoms with E-state index in [0.717, 1.165) is 38.2 Å². The van der Waals surface area contributed by atoms with Crippen molar-refractivity contribution >= 4 is 41.5 Å². The summed E-state index contributed by atoms with van der Waals surface area (Å²) in [5.74, 6) is 3.24. The number of fused-ring (bicyclic) bond motifs is 5. The van der Waals surface area contributed by atoms with Gasteiger partial charge in [0.1, 0.15) is 19.6 Å². The Kier molecular flexibility index (Phi) is 6.48. The molecule has 0 saturated carbocycles. The van der Waals surface area contributed by atoms with E-state index in [1.807, 2.05) is 115 Å². The maximum absolute atomic E-state index is 15.4. The minimum atomic E-state index is -3.19. The molecule has 1 unspecified atom stereocenters. The van der Waals surface area contributed by atoms with Crippen LogP contribution in [0.15, 0.2) is 146 Å². The smallest absolute Gasteiger partial charge is 0.178 e. The molecule has 5 nitrogen and oxygen atoms in total. The number of benzene rings is 6. The predicted molar refractivity (Wildman–Crippen MR) is 198 cm³/mol. The Bertz CT molecular complexity index is 2380. The van der Waals surface area contributed by atoms with Crippen molar-refractivity contribution in [3.05, 3.63) is 146 Å². The standard InChI is InChI=1S/C41H30N3O2PSi/c1-48(2)37-24-29(41-43-39(27-14-6-3-7-15-27)42-40(44-41)28-16-8-4-9-17-28)22-23-31(37)32-25-34-36(26-38(32)48)47(45,30-18-10-5-11-19-30)35-21-13-12-20-33(35)46-34/h3-26H,1-2H3. The van der Waals surface area contributed by atoms with E-state index in [-0.39, 0.29) is 0 Å². The third-order valence-electron chi connectivity index (χ3n) is 9.60. The summed E-state index contributed by atoms with van der Waals surface area (Å²) in [7, 11) is -5.45. The quantitative estimate of drug-likeness (QED) is 0.146. The number of para-hydroxylation sites is 1. The highest BCUT2D eigenvalue weighted by Crippen LogP contribution is 2.52. The van der Waals surface area contributed by atoms with Crippen LogP contribution in [-0.4, -0.2) is 23.0 Å². The average molecular weight is 656 g/mol. The number of hydrogen-bond donors (Lipinski definition) is 0. The Labute approximate surface area is 280 Å². The first-order valence-corrected chi connectivity index (χ1v) is 20.8. The minimum Gasteiger partial charge on any atom is -0.456 e. The van der Waals surface area contributed by atoms with Crippen LogP contribution in [0.3, 0.4) is 0 Å². The molecule has 9 rings (SSSR count). The van der Waals surface area contributed by atoms with Crippen molar-refractivity contribution in [2.24, 2.45) is 0 Å². The fourth-order valence-corrected chi connectivity index (χ4v) is 13.2. The summed E-state index contributed by atoms with van der Waals surface area (Å²) >= 11 is 0. The molecule has 0 fully saturated rings. The normalized spacial score (nSPS) is 16.6. The van der Waals surface area contributed by atoms with Gasteiger partial charge in [0.15, 0.2) is 24.6 Å². The average Bonchev–Trinajstić information content (AvgIpc) is 3.36. The monoisotopic (exact) mass is 655 g/mol. The Morgan fingerprint density at radius 3 is 1.69 bits per heavy atom. The highest BCUT2D eigenvalue weighted by atomic mass is 31.2. The summed E-state index contributed by atoms with van der Waals surface area (Å²) in [6, 6.07) is 48.6. The van der Waals surface area contributed by atoms with Gasteiger partial charge in [-0.2, -0.15) is 0 Å². The van der Waals surface area contributed by atoms with Crippen LogP contribution in [0.1, 0.15) is 0 Å². The molecule has 48 heavy (non-hydrogen) atoms.